The number of thioether (sulfide) groups is 1. The van der Waals surface area contributed by atoms with Gasteiger partial charge >= 0.3 is 0 Å². The average Bonchev–Trinajstić information content (AvgIpc) is 3.31. The number of carbonyl (C=O) groups excluding carboxylic acids is 2. The molecular formula is C26H24N4O3S2. The number of thiazole rings is 1. The monoisotopic (exact) mass is 504 g/mol. The molecule has 6 rings (SSSR count). The zero-order valence-corrected chi connectivity index (χ0v) is 20.7. The summed E-state index contributed by atoms with van der Waals surface area (Å²) in [6.45, 7) is 2.04. The molecule has 3 atom stereocenters. The number of ketones is 1. The molecule has 3 aliphatic rings. The standard InChI is InChI=1S/C26H24N4O3S2/c1-26(33)21(31)10-12-29-24(26)25(32)28(14-22-27-11-13-34-22)16-30(29)23-18-7-3-2-6-17(18)15-35-20-9-5-4-8-19(20)23/h2-13,23-24,33H,14-16H2,1H3. The molecule has 3 aliphatic heterocycles. The fraction of sp³-hybridized carbons (Fsp3) is 0.269. The number of carbonyl (C=O) groups is 2. The van der Waals surface area contributed by atoms with E-state index in [4.69, 9.17) is 0 Å². The molecule has 3 unspecified atom stereocenters. The van der Waals surface area contributed by atoms with Crippen molar-refractivity contribution in [2.75, 3.05) is 6.67 Å². The number of rotatable bonds is 3. The highest BCUT2D eigenvalue weighted by Gasteiger charge is 2.55. The highest BCUT2D eigenvalue weighted by Crippen LogP contribution is 2.45. The third kappa shape index (κ3) is 3.70. The van der Waals surface area contributed by atoms with E-state index < -0.39 is 17.4 Å². The maximum Gasteiger partial charge on any atom is 0.251 e. The van der Waals surface area contributed by atoms with Crippen molar-refractivity contribution in [1.82, 2.24) is 19.9 Å². The lowest BCUT2D eigenvalue weighted by Gasteiger charge is -2.54. The van der Waals surface area contributed by atoms with Gasteiger partial charge in [-0.1, -0.05) is 42.5 Å². The summed E-state index contributed by atoms with van der Waals surface area (Å²) in [5.41, 5.74) is 1.65. The minimum atomic E-state index is -1.86. The van der Waals surface area contributed by atoms with Crippen LogP contribution in [-0.2, 0) is 21.9 Å². The van der Waals surface area contributed by atoms with Crippen LogP contribution < -0.4 is 0 Å². The van der Waals surface area contributed by atoms with Crippen LogP contribution in [0.15, 0.2) is 77.3 Å². The van der Waals surface area contributed by atoms with Gasteiger partial charge in [-0.25, -0.2) is 4.98 Å². The van der Waals surface area contributed by atoms with Crippen LogP contribution in [0.3, 0.4) is 0 Å². The Morgan fingerprint density at radius 1 is 1.11 bits per heavy atom. The molecule has 9 heteroatoms. The number of aromatic nitrogens is 1. The van der Waals surface area contributed by atoms with Gasteiger partial charge in [0.2, 0.25) is 0 Å². The molecule has 7 nitrogen and oxygen atoms in total. The summed E-state index contributed by atoms with van der Waals surface area (Å²) < 4.78 is 0. The second-order valence-corrected chi connectivity index (χ2v) is 11.1. The van der Waals surface area contributed by atoms with Gasteiger partial charge in [0.1, 0.15) is 5.01 Å². The number of nitrogens with zero attached hydrogens (tertiary/aromatic N) is 4. The van der Waals surface area contributed by atoms with Gasteiger partial charge in [0.05, 0.1) is 19.3 Å². The average molecular weight is 505 g/mol. The van der Waals surface area contributed by atoms with E-state index in [0.717, 1.165) is 21.9 Å². The fourth-order valence-electron chi connectivity index (χ4n) is 5.12. The van der Waals surface area contributed by atoms with Crippen LogP contribution in [-0.4, -0.2) is 55.0 Å². The zero-order chi connectivity index (χ0) is 24.2. The van der Waals surface area contributed by atoms with Crippen LogP contribution in [0, 0.1) is 0 Å². The summed E-state index contributed by atoms with van der Waals surface area (Å²) >= 11 is 3.28. The molecule has 0 bridgehead atoms. The van der Waals surface area contributed by atoms with Crippen LogP contribution in [0.25, 0.3) is 0 Å². The Morgan fingerprint density at radius 2 is 1.89 bits per heavy atom. The highest BCUT2D eigenvalue weighted by atomic mass is 32.2. The number of hydrazine groups is 1. The van der Waals surface area contributed by atoms with Crippen LogP contribution in [0.2, 0.25) is 0 Å². The summed E-state index contributed by atoms with van der Waals surface area (Å²) in [7, 11) is 0. The lowest BCUT2D eigenvalue weighted by Crippen LogP contribution is -2.72. The van der Waals surface area contributed by atoms with Gasteiger partial charge in [-0.05, 0) is 29.7 Å². The minimum Gasteiger partial charge on any atom is -0.379 e. The zero-order valence-electron chi connectivity index (χ0n) is 19.1. The molecule has 2 aromatic carbocycles. The molecular weight excluding hydrogens is 480 g/mol. The van der Waals surface area contributed by atoms with Gasteiger partial charge in [-0.15, -0.1) is 23.1 Å². The number of fused-ring (bicyclic) bond motifs is 3. The van der Waals surface area contributed by atoms with Crippen molar-refractivity contribution in [3.8, 4) is 0 Å². The van der Waals surface area contributed by atoms with Gasteiger partial charge in [0, 0.05) is 34.5 Å². The highest BCUT2D eigenvalue weighted by molar-refractivity contribution is 7.98. The van der Waals surface area contributed by atoms with E-state index in [9.17, 15) is 14.7 Å². The number of benzene rings is 2. The molecule has 178 valence electrons. The van der Waals surface area contributed by atoms with Crippen LogP contribution >= 0.6 is 23.1 Å². The van der Waals surface area contributed by atoms with E-state index in [1.54, 1.807) is 34.1 Å². The molecule has 0 radical (unpaired) electrons. The number of hydrogen-bond acceptors (Lipinski definition) is 8. The predicted octanol–water partition coefficient (Wildman–Crippen LogP) is 3.57. The first-order valence-electron chi connectivity index (χ1n) is 11.4. The molecule has 0 aliphatic carbocycles. The van der Waals surface area contributed by atoms with E-state index in [-0.39, 0.29) is 11.9 Å². The van der Waals surface area contributed by atoms with Crippen molar-refractivity contribution in [3.63, 3.8) is 0 Å². The topological polar surface area (TPSA) is 77.0 Å². The summed E-state index contributed by atoms with van der Waals surface area (Å²) in [5.74, 6) is 0.0819. The van der Waals surface area contributed by atoms with Crippen molar-refractivity contribution >= 4 is 34.8 Å². The van der Waals surface area contributed by atoms with Gasteiger partial charge in [-0.2, -0.15) is 5.01 Å². The smallest absolute Gasteiger partial charge is 0.251 e. The molecule has 35 heavy (non-hydrogen) atoms. The van der Waals surface area contributed by atoms with Crippen LogP contribution in [0.5, 0.6) is 0 Å². The Hall–Kier alpha value is -2.98. The lowest BCUT2D eigenvalue weighted by molar-refractivity contribution is -0.198. The maximum atomic E-state index is 13.7. The van der Waals surface area contributed by atoms with Gasteiger partial charge in [0.25, 0.3) is 5.91 Å². The molecule has 1 fully saturated rings. The van der Waals surface area contributed by atoms with Crippen LogP contribution in [0.1, 0.15) is 34.7 Å². The summed E-state index contributed by atoms with van der Waals surface area (Å²) in [6.07, 6.45) is 4.74. The predicted molar refractivity (Wildman–Crippen MR) is 134 cm³/mol. The van der Waals surface area contributed by atoms with Gasteiger partial charge < -0.3 is 10.0 Å². The van der Waals surface area contributed by atoms with E-state index in [1.165, 1.54) is 34.8 Å². The Balaban J connectivity index is 1.52. The minimum absolute atomic E-state index is 0.208. The fourth-order valence-corrected chi connectivity index (χ4v) is 6.85. The second-order valence-electron chi connectivity index (χ2n) is 9.08. The largest absolute Gasteiger partial charge is 0.379 e. The van der Waals surface area contributed by atoms with E-state index in [1.807, 2.05) is 29.6 Å². The van der Waals surface area contributed by atoms with Crippen LogP contribution in [0.4, 0.5) is 0 Å². The van der Waals surface area contributed by atoms with Crippen molar-refractivity contribution < 1.29 is 14.7 Å². The number of hydrogen-bond donors (Lipinski definition) is 1. The first-order chi connectivity index (χ1) is 16.9. The van der Waals surface area contributed by atoms with E-state index in [2.05, 4.69) is 34.3 Å². The first-order valence-corrected chi connectivity index (χ1v) is 13.3. The Labute approximate surface area is 211 Å². The number of aliphatic hydroxyl groups is 1. The molecule has 1 N–H and O–H groups in total. The summed E-state index contributed by atoms with van der Waals surface area (Å²) in [4.78, 5) is 33.7. The van der Waals surface area contributed by atoms with Crippen molar-refractivity contribution in [2.45, 2.75) is 41.8 Å². The maximum absolute atomic E-state index is 13.7. The SMILES string of the molecule is CC1(O)C(=O)C=CN2C1C(=O)N(Cc1nccs1)CN2C1c2ccccc2CSc2ccccc21. The molecule has 1 amide bonds. The van der Waals surface area contributed by atoms with Gasteiger partial charge in [-0.3, -0.25) is 14.6 Å². The van der Waals surface area contributed by atoms with Gasteiger partial charge in [0.15, 0.2) is 17.4 Å². The quantitative estimate of drug-likeness (QED) is 0.584. The molecule has 0 spiro atoms. The van der Waals surface area contributed by atoms with Crippen molar-refractivity contribution in [1.29, 1.82) is 0 Å². The Morgan fingerprint density at radius 3 is 2.69 bits per heavy atom. The molecule has 1 saturated heterocycles. The van der Waals surface area contributed by atoms with E-state index in [0.29, 0.717) is 13.2 Å². The Kier molecular flexibility index (Phi) is 5.52. The third-order valence-corrected chi connectivity index (χ3v) is 8.79. The van der Waals surface area contributed by atoms with E-state index >= 15 is 0 Å². The second kappa shape index (κ2) is 8.60. The first kappa shape index (κ1) is 22.5. The van der Waals surface area contributed by atoms with Crippen molar-refractivity contribution in [2.24, 2.45) is 0 Å². The summed E-state index contributed by atoms with van der Waals surface area (Å²) in [5, 5.41) is 17.9. The van der Waals surface area contributed by atoms with Crippen molar-refractivity contribution in [3.05, 3.63) is 94.1 Å². The Bertz CT molecular complexity index is 1280. The normalized spacial score (nSPS) is 26.2. The summed E-state index contributed by atoms with van der Waals surface area (Å²) in [6, 6.07) is 15.4. The third-order valence-electron chi connectivity index (χ3n) is 6.89. The molecule has 4 heterocycles. The molecule has 3 aromatic rings. The molecule has 0 saturated carbocycles. The number of amides is 1. The lowest BCUT2D eigenvalue weighted by atomic mass is 9.86. The molecule has 1 aromatic heterocycles.